The fourth-order valence-corrected chi connectivity index (χ4v) is 3.43. The van der Waals surface area contributed by atoms with E-state index in [0.717, 1.165) is 24.3 Å². The van der Waals surface area contributed by atoms with Gasteiger partial charge in [0, 0.05) is 24.7 Å². The number of hydrogen-bond donors (Lipinski definition) is 2. The van der Waals surface area contributed by atoms with E-state index in [1.54, 1.807) is 4.90 Å². The molecule has 1 aromatic carbocycles. The first-order valence-electron chi connectivity index (χ1n) is 8.76. The number of nitrogens with one attached hydrogen (secondary N) is 2. The molecule has 0 radical (unpaired) electrons. The summed E-state index contributed by atoms with van der Waals surface area (Å²) in [5, 5.41) is 5.93. The van der Waals surface area contributed by atoms with E-state index in [1.165, 1.54) is 12.8 Å². The summed E-state index contributed by atoms with van der Waals surface area (Å²) in [6, 6.07) is 7.45. The number of carbonyl (C=O) groups is 2. The van der Waals surface area contributed by atoms with Crippen LogP contribution in [0, 0.1) is 0 Å². The highest BCUT2D eigenvalue weighted by atomic mass is 16.5. The number of benzene rings is 1. The number of rotatable bonds is 5. The van der Waals surface area contributed by atoms with Crippen molar-refractivity contribution < 1.29 is 14.3 Å². The molecule has 1 aliphatic heterocycles. The lowest BCUT2D eigenvalue weighted by Gasteiger charge is -2.19. The van der Waals surface area contributed by atoms with Crippen molar-refractivity contribution in [2.24, 2.45) is 0 Å². The zero-order valence-electron chi connectivity index (χ0n) is 14.1. The molecule has 1 aromatic rings. The predicted molar refractivity (Wildman–Crippen MR) is 92.3 cm³/mol. The van der Waals surface area contributed by atoms with Gasteiger partial charge in [0.05, 0.1) is 12.6 Å². The third-order valence-electron chi connectivity index (χ3n) is 4.61. The van der Waals surface area contributed by atoms with E-state index in [4.69, 9.17) is 4.74 Å². The molecule has 1 saturated heterocycles. The van der Waals surface area contributed by atoms with Crippen LogP contribution in [0.3, 0.4) is 0 Å². The zero-order valence-corrected chi connectivity index (χ0v) is 14.1. The van der Waals surface area contributed by atoms with Crippen LogP contribution < -0.4 is 20.3 Å². The van der Waals surface area contributed by atoms with Gasteiger partial charge in [0.2, 0.25) is 5.91 Å². The van der Waals surface area contributed by atoms with Crippen LogP contribution in [0.25, 0.3) is 0 Å². The molecule has 1 aliphatic carbocycles. The Morgan fingerprint density at radius 3 is 2.50 bits per heavy atom. The SMILES string of the molecule is CCOc1ccc(N2C[C@@H](NC(=O)NC3CCCC3)CC2=O)cc1. The van der Waals surface area contributed by atoms with Crippen LogP contribution in [0.4, 0.5) is 10.5 Å². The van der Waals surface area contributed by atoms with Crippen LogP contribution in [0.1, 0.15) is 39.0 Å². The Kier molecular flexibility index (Phi) is 5.23. The molecular formula is C18H25N3O3. The first kappa shape index (κ1) is 16.6. The van der Waals surface area contributed by atoms with Crippen molar-refractivity contribution in [2.45, 2.75) is 51.1 Å². The van der Waals surface area contributed by atoms with Crippen molar-refractivity contribution in [3.8, 4) is 5.75 Å². The molecular weight excluding hydrogens is 306 g/mol. The lowest BCUT2D eigenvalue weighted by atomic mass is 10.2. The normalized spacial score (nSPS) is 21.1. The molecule has 0 spiro atoms. The molecule has 24 heavy (non-hydrogen) atoms. The summed E-state index contributed by atoms with van der Waals surface area (Å²) in [4.78, 5) is 26.0. The number of urea groups is 1. The summed E-state index contributed by atoms with van der Waals surface area (Å²) < 4.78 is 5.42. The Labute approximate surface area is 142 Å². The molecule has 3 rings (SSSR count). The number of nitrogens with zero attached hydrogens (tertiary/aromatic N) is 1. The zero-order chi connectivity index (χ0) is 16.9. The largest absolute Gasteiger partial charge is 0.494 e. The molecule has 2 aliphatic rings. The van der Waals surface area contributed by atoms with Crippen LogP contribution in [0.2, 0.25) is 0 Å². The molecule has 6 nitrogen and oxygen atoms in total. The van der Waals surface area contributed by atoms with Crippen LogP contribution in [0.15, 0.2) is 24.3 Å². The van der Waals surface area contributed by atoms with Crippen molar-refractivity contribution in [1.82, 2.24) is 10.6 Å². The second kappa shape index (κ2) is 7.55. The topological polar surface area (TPSA) is 70.7 Å². The highest BCUT2D eigenvalue weighted by Gasteiger charge is 2.32. The molecule has 130 valence electrons. The number of amides is 3. The van der Waals surface area contributed by atoms with Gasteiger partial charge in [-0.15, -0.1) is 0 Å². The van der Waals surface area contributed by atoms with Crippen LogP contribution in [-0.4, -0.2) is 37.2 Å². The van der Waals surface area contributed by atoms with E-state index >= 15 is 0 Å². The smallest absolute Gasteiger partial charge is 0.315 e. The molecule has 0 bridgehead atoms. The minimum atomic E-state index is -0.159. The second-order valence-corrected chi connectivity index (χ2v) is 6.43. The summed E-state index contributed by atoms with van der Waals surface area (Å²) in [6.45, 7) is 3.06. The number of carbonyl (C=O) groups excluding carboxylic acids is 2. The van der Waals surface area contributed by atoms with Crippen LogP contribution in [0.5, 0.6) is 5.75 Å². The van der Waals surface area contributed by atoms with Gasteiger partial charge in [-0.25, -0.2) is 4.79 Å². The van der Waals surface area contributed by atoms with Gasteiger partial charge in [-0.05, 0) is 44.0 Å². The lowest BCUT2D eigenvalue weighted by Crippen LogP contribution is -2.46. The standard InChI is InChI=1S/C18H25N3O3/c1-2-24-16-9-7-15(8-10-16)21-12-14(11-17(21)22)20-18(23)19-13-5-3-4-6-13/h7-10,13-14H,2-6,11-12H2,1H3,(H2,19,20,23)/t14-/m0/s1. The number of anilines is 1. The van der Waals surface area contributed by atoms with Gasteiger partial charge in [-0.3, -0.25) is 4.79 Å². The van der Waals surface area contributed by atoms with Crippen molar-refractivity contribution in [3.63, 3.8) is 0 Å². The highest BCUT2D eigenvalue weighted by Crippen LogP contribution is 2.24. The van der Waals surface area contributed by atoms with Gasteiger partial charge >= 0.3 is 6.03 Å². The third-order valence-corrected chi connectivity index (χ3v) is 4.61. The molecule has 1 heterocycles. The van der Waals surface area contributed by atoms with Crippen molar-refractivity contribution in [2.75, 3.05) is 18.1 Å². The maximum atomic E-state index is 12.2. The van der Waals surface area contributed by atoms with Crippen molar-refractivity contribution in [1.29, 1.82) is 0 Å². The van der Waals surface area contributed by atoms with Gasteiger partial charge in [0.15, 0.2) is 0 Å². The lowest BCUT2D eigenvalue weighted by molar-refractivity contribution is -0.117. The Balaban J connectivity index is 1.53. The second-order valence-electron chi connectivity index (χ2n) is 6.43. The third kappa shape index (κ3) is 3.99. The van der Waals surface area contributed by atoms with E-state index in [1.807, 2.05) is 31.2 Å². The quantitative estimate of drug-likeness (QED) is 0.870. The molecule has 1 saturated carbocycles. The fourth-order valence-electron chi connectivity index (χ4n) is 3.43. The summed E-state index contributed by atoms with van der Waals surface area (Å²) in [7, 11) is 0. The van der Waals surface area contributed by atoms with Gasteiger partial charge < -0.3 is 20.3 Å². The average Bonchev–Trinajstić information content (AvgIpc) is 3.18. The number of hydrogen-bond acceptors (Lipinski definition) is 3. The first-order valence-corrected chi connectivity index (χ1v) is 8.76. The van der Waals surface area contributed by atoms with Gasteiger partial charge in [-0.2, -0.15) is 0 Å². The van der Waals surface area contributed by atoms with E-state index in [2.05, 4.69) is 10.6 Å². The summed E-state index contributed by atoms with van der Waals surface area (Å²) in [5.41, 5.74) is 0.837. The van der Waals surface area contributed by atoms with E-state index in [0.29, 0.717) is 19.6 Å². The summed E-state index contributed by atoms with van der Waals surface area (Å²) in [6.07, 6.45) is 4.80. The molecule has 2 N–H and O–H groups in total. The number of ether oxygens (including phenoxy) is 1. The monoisotopic (exact) mass is 331 g/mol. The Hall–Kier alpha value is -2.24. The maximum absolute atomic E-state index is 12.2. The Bertz CT molecular complexity index is 582. The highest BCUT2D eigenvalue weighted by molar-refractivity contribution is 5.96. The van der Waals surface area contributed by atoms with Crippen LogP contribution >= 0.6 is 0 Å². The van der Waals surface area contributed by atoms with Gasteiger partial charge in [0.1, 0.15) is 5.75 Å². The molecule has 2 fully saturated rings. The summed E-state index contributed by atoms with van der Waals surface area (Å²) >= 11 is 0. The molecule has 3 amide bonds. The first-order chi connectivity index (χ1) is 11.7. The average molecular weight is 331 g/mol. The fraction of sp³-hybridized carbons (Fsp3) is 0.556. The minimum absolute atomic E-state index is 0.0327. The van der Waals surface area contributed by atoms with Crippen molar-refractivity contribution in [3.05, 3.63) is 24.3 Å². The molecule has 0 aromatic heterocycles. The maximum Gasteiger partial charge on any atom is 0.315 e. The van der Waals surface area contributed by atoms with E-state index in [9.17, 15) is 9.59 Å². The Morgan fingerprint density at radius 2 is 1.83 bits per heavy atom. The van der Waals surface area contributed by atoms with E-state index < -0.39 is 0 Å². The Morgan fingerprint density at radius 1 is 1.17 bits per heavy atom. The van der Waals surface area contributed by atoms with Crippen LogP contribution in [-0.2, 0) is 4.79 Å². The van der Waals surface area contributed by atoms with E-state index in [-0.39, 0.29) is 24.0 Å². The van der Waals surface area contributed by atoms with Gasteiger partial charge in [0.25, 0.3) is 0 Å². The van der Waals surface area contributed by atoms with Gasteiger partial charge in [-0.1, -0.05) is 12.8 Å². The molecule has 6 heteroatoms. The predicted octanol–water partition coefficient (Wildman–Crippen LogP) is 2.43. The molecule has 0 unspecified atom stereocenters. The minimum Gasteiger partial charge on any atom is -0.494 e. The molecule has 1 atom stereocenters. The van der Waals surface area contributed by atoms with Crippen molar-refractivity contribution >= 4 is 17.6 Å². The summed E-state index contributed by atoms with van der Waals surface area (Å²) in [5.74, 6) is 0.823.